The highest BCUT2D eigenvalue weighted by atomic mass is 35.5. The number of halogens is 1. The molecule has 7 heteroatoms. The van der Waals surface area contributed by atoms with Crippen LogP contribution in [-0.4, -0.2) is 46.3 Å². The first-order valence-electron chi connectivity index (χ1n) is 7.86. The van der Waals surface area contributed by atoms with E-state index >= 15 is 0 Å². The lowest BCUT2D eigenvalue weighted by molar-refractivity contribution is 0.00567. The number of carbonyl (C=O) groups is 1. The van der Waals surface area contributed by atoms with E-state index in [0.29, 0.717) is 36.5 Å². The average Bonchev–Trinajstić information content (AvgIpc) is 2.48. The summed E-state index contributed by atoms with van der Waals surface area (Å²) in [6, 6.07) is 0. The Hall–Kier alpha value is -1.40. The lowest BCUT2D eigenvalue weighted by Crippen LogP contribution is -2.43. The van der Waals surface area contributed by atoms with Crippen LogP contribution in [0.5, 0.6) is 0 Å². The van der Waals surface area contributed by atoms with Gasteiger partial charge in [-0.25, -0.2) is 9.78 Å². The fourth-order valence-corrected chi connectivity index (χ4v) is 2.62. The second-order valence-electron chi connectivity index (χ2n) is 6.74. The molecule has 0 radical (unpaired) electrons. The second kappa shape index (κ2) is 7.93. The minimum Gasteiger partial charge on any atom is -0.444 e. The molecule has 0 unspecified atom stereocenters. The van der Waals surface area contributed by atoms with E-state index in [4.69, 9.17) is 21.1 Å². The van der Waals surface area contributed by atoms with E-state index in [1.807, 2.05) is 20.8 Å². The molecule has 0 N–H and O–H groups in total. The summed E-state index contributed by atoms with van der Waals surface area (Å²) in [5, 5.41) is 0.367. The van der Waals surface area contributed by atoms with Crippen LogP contribution in [0.2, 0.25) is 5.15 Å². The van der Waals surface area contributed by atoms with E-state index in [2.05, 4.69) is 9.97 Å². The van der Waals surface area contributed by atoms with Crippen LogP contribution in [0.4, 0.5) is 4.79 Å². The first-order chi connectivity index (χ1) is 10.8. The van der Waals surface area contributed by atoms with Crippen LogP contribution in [0, 0.1) is 5.92 Å². The minimum absolute atomic E-state index is 0.251. The summed E-state index contributed by atoms with van der Waals surface area (Å²) in [4.78, 5) is 22.0. The number of piperidine rings is 1. The molecule has 1 aliphatic rings. The van der Waals surface area contributed by atoms with E-state index in [0.717, 1.165) is 19.4 Å². The average molecular weight is 342 g/mol. The van der Waals surface area contributed by atoms with Crippen molar-refractivity contribution in [2.45, 2.75) is 45.8 Å². The Morgan fingerprint density at radius 1 is 1.39 bits per heavy atom. The summed E-state index contributed by atoms with van der Waals surface area (Å²) in [6.45, 7) is 7.91. The highest BCUT2D eigenvalue weighted by Crippen LogP contribution is 2.20. The number of ether oxygens (including phenoxy) is 2. The Morgan fingerprint density at radius 2 is 2.13 bits per heavy atom. The normalized spacial score (nSPS) is 18.8. The fourth-order valence-electron chi connectivity index (χ4n) is 2.46. The third-order valence-electron chi connectivity index (χ3n) is 3.49. The van der Waals surface area contributed by atoms with Crippen LogP contribution in [0.1, 0.15) is 39.3 Å². The molecule has 1 aliphatic heterocycles. The fraction of sp³-hybridized carbons (Fsp3) is 0.688. The van der Waals surface area contributed by atoms with Gasteiger partial charge in [0.1, 0.15) is 11.3 Å². The number of rotatable bonds is 4. The van der Waals surface area contributed by atoms with Crippen molar-refractivity contribution < 1.29 is 14.3 Å². The topological polar surface area (TPSA) is 64.5 Å². The van der Waals surface area contributed by atoms with Gasteiger partial charge in [0.05, 0.1) is 13.2 Å². The minimum atomic E-state index is -0.469. The smallest absolute Gasteiger partial charge is 0.410 e. The molecule has 0 spiro atoms. The van der Waals surface area contributed by atoms with Gasteiger partial charge in [-0.2, -0.15) is 0 Å². The van der Waals surface area contributed by atoms with Crippen LogP contribution < -0.4 is 0 Å². The summed E-state index contributed by atoms with van der Waals surface area (Å²) in [5.41, 5.74) is 0.164. The van der Waals surface area contributed by atoms with Crippen molar-refractivity contribution in [2.24, 2.45) is 5.92 Å². The van der Waals surface area contributed by atoms with Crippen LogP contribution in [0.15, 0.2) is 12.4 Å². The Morgan fingerprint density at radius 3 is 2.83 bits per heavy atom. The van der Waals surface area contributed by atoms with Gasteiger partial charge in [0.15, 0.2) is 5.15 Å². The van der Waals surface area contributed by atoms with Gasteiger partial charge in [-0.05, 0) is 33.6 Å². The molecule has 6 nitrogen and oxygen atoms in total. The van der Waals surface area contributed by atoms with E-state index in [1.165, 1.54) is 0 Å². The van der Waals surface area contributed by atoms with Crippen molar-refractivity contribution in [3.05, 3.63) is 23.2 Å². The summed E-state index contributed by atoms with van der Waals surface area (Å²) in [5.74, 6) is 0.298. The third kappa shape index (κ3) is 5.95. The zero-order valence-electron chi connectivity index (χ0n) is 13.9. The molecular weight excluding hydrogens is 318 g/mol. The number of likely N-dealkylation sites (tertiary alicyclic amines) is 1. The standard InChI is InChI=1S/C16H24ClN3O3/c1-16(2,3)23-15(21)20-8-4-5-12(9-20)10-22-11-13-14(17)19-7-6-18-13/h6-7,12H,4-5,8-11H2,1-3H3/t12-/m0/s1. The predicted octanol–water partition coefficient (Wildman–Crippen LogP) is 3.29. The molecular formula is C16H24ClN3O3. The van der Waals surface area contributed by atoms with Gasteiger partial charge in [0.25, 0.3) is 0 Å². The molecule has 2 rings (SSSR count). The number of aromatic nitrogens is 2. The maximum absolute atomic E-state index is 12.1. The van der Waals surface area contributed by atoms with E-state index in [9.17, 15) is 4.79 Å². The Kier molecular flexibility index (Phi) is 6.18. The second-order valence-corrected chi connectivity index (χ2v) is 7.10. The first kappa shape index (κ1) is 17.9. The zero-order chi connectivity index (χ0) is 16.9. The molecule has 1 fully saturated rings. The molecule has 0 bridgehead atoms. The number of hydrogen-bond donors (Lipinski definition) is 0. The van der Waals surface area contributed by atoms with Gasteiger partial charge < -0.3 is 14.4 Å². The SMILES string of the molecule is CC(C)(C)OC(=O)N1CCC[C@H](COCc2nccnc2Cl)C1. The molecule has 0 aliphatic carbocycles. The van der Waals surface area contributed by atoms with Crippen LogP contribution in [0.3, 0.4) is 0 Å². The number of hydrogen-bond acceptors (Lipinski definition) is 5. The van der Waals surface area contributed by atoms with Crippen LogP contribution in [-0.2, 0) is 16.1 Å². The summed E-state index contributed by atoms with van der Waals surface area (Å²) in [6.07, 6.45) is 4.88. The maximum Gasteiger partial charge on any atom is 0.410 e. The summed E-state index contributed by atoms with van der Waals surface area (Å²) in [7, 11) is 0. The Bertz CT molecular complexity index is 534. The highest BCUT2D eigenvalue weighted by molar-refractivity contribution is 6.29. The lowest BCUT2D eigenvalue weighted by Gasteiger charge is -2.34. The molecule has 1 atom stereocenters. The van der Waals surface area contributed by atoms with Gasteiger partial charge in [0, 0.05) is 31.4 Å². The van der Waals surface area contributed by atoms with E-state index in [1.54, 1.807) is 17.3 Å². The van der Waals surface area contributed by atoms with Crippen LogP contribution in [0.25, 0.3) is 0 Å². The molecule has 1 aromatic heterocycles. The van der Waals surface area contributed by atoms with E-state index < -0.39 is 5.60 Å². The van der Waals surface area contributed by atoms with Crippen molar-refractivity contribution in [1.82, 2.24) is 14.9 Å². The molecule has 0 saturated carbocycles. The predicted molar refractivity (Wildman–Crippen MR) is 87.2 cm³/mol. The molecule has 1 aromatic rings. The largest absolute Gasteiger partial charge is 0.444 e. The Labute approximate surface area is 142 Å². The number of amides is 1. The molecule has 1 amide bonds. The van der Waals surface area contributed by atoms with Gasteiger partial charge >= 0.3 is 6.09 Å². The van der Waals surface area contributed by atoms with Gasteiger partial charge in [0.2, 0.25) is 0 Å². The quantitative estimate of drug-likeness (QED) is 0.840. The maximum atomic E-state index is 12.1. The molecule has 23 heavy (non-hydrogen) atoms. The monoisotopic (exact) mass is 341 g/mol. The summed E-state index contributed by atoms with van der Waals surface area (Å²) >= 11 is 5.95. The molecule has 1 saturated heterocycles. The van der Waals surface area contributed by atoms with Crippen molar-refractivity contribution in [3.63, 3.8) is 0 Å². The lowest BCUT2D eigenvalue weighted by atomic mass is 9.99. The summed E-state index contributed by atoms with van der Waals surface area (Å²) < 4.78 is 11.1. The molecule has 128 valence electrons. The van der Waals surface area contributed by atoms with Gasteiger partial charge in [-0.15, -0.1) is 0 Å². The van der Waals surface area contributed by atoms with Gasteiger partial charge in [-0.3, -0.25) is 4.98 Å². The number of carbonyl (C=O) groups excluding carboxylic acids is 1. The van der Waals surface area contributed by atoms with Gasteiger partial charge in [-0.1, -0.05) is 11.6 Å². The zero-order valence-corrected chi connectivity index (χ0v) is 14.7. The highest BCUT2D eigenvalue weighted by Gasteiger charge is 2.27. The third-order valence-corrected chi connectivity index (χ3v) is 3.80. The number of nitrogens with zero attached hydrogens (tertiary/aromatic N) is 3. The first-order valence-corrected chi connectivity index (χ1v) is 8.24. The van der Waals surface area contributed by atoms with Crippen molar-refractivity contribution in [3.8, 4) is 0 Å². The van der Waals surface area contributed by atoms with Crippen molar-refractivity contribution in [1.29, 1.82) is 0 Å². The molecule has 2 heterocycles. The van der Waals surface area contributed by atoms with E-state index in [-0.39, 0.29) is 6.09 Å². The Balaban J connectivity index is 1.78. The van der Waals surface area contributed by atoms with Crippen molar-refractivity contribution >= 4 is 17.7 Å². The van der Waals surface area contributed by atoms with Crippen molar-refractivity contribution in [2.75, 3.05) is 19.7 Å². The van der Waals surface area contributed by atoms with Crippen LogP contribution >= 0.6 is 11.6 Å². The molecule has 0 aromatic carbocycles.